The number of piperidine rings is 1. The van der Waals surface area contributed by atoms with Crippen LogP contribution in [0.1, 0.15) is 28.8 Å². The number of nitrogens with zero attached hydrogens (tertiary/aromatic N) is 1. The van der Waals surface area contributed by atoms with Crippen LogP contribution in [0.5, 0.6) is 0 Å². The van der Waals surface area contributed by atoms with E-state index in [0.717, 1.165) is 5.56 Å². The summed E-state index contributed by atoms with van der Waals surface area (Å²) in [6, 6.07) is 9.99. The van der Waals surface area contributed by atoms with Crippen LogP contribution in [0.25, 0.3) is 0 Å². The van der Waals surface area contributed by atoms with E-state index in [1.165, 1.54) is 30.3 Å². The van der Waals surface area contributed by atoms with Crippen molar-refractivity contribution >= 4 is 17.5 Å². The van der Waals surface area contributed by atoms with E-state index in [4.69, 9.17) is 0 Å². The van der Waals surface area contributed by atoms with E-state index in [1.807, 2.05) is 6.92 Å². The molecular weight excluding hydrogens is 338 g/mol. The summed E-state index contributed by atoms with van der Waals surface area (Å²) >= 11 is 0. The van der Waals surface area contributed by atoms with Gasteiger partial charge in [-0.25, -0.2) is 8.78 Å². The molecule has 136 valence electrons. The Morgan fingerprint density at radius 1 is 1.04 bits per heavy atom. The first-order valence-electron chi connectivity index (χ1n) is 8.56. The number of halogens is 2. The Hall–Kier alpha value is -2.76. The number of rotatable bonds is 3. The van der Waals surface area contributed by atoms with E-state index in [2.05, 4.69) is 5.32 Å². The van der Waals surface area contributed by atoms with Crippen LogP contribution in [0, 0.1) is 24.5 Å². The van der Waals surface area contributed by atoms with E-state index in [0.29, 0.717) is 31.5 Å². The van der Waals surface area contributed by atoms with Gasteiger partial charge in [0.1, 0.15) is 11.6 Å². The quantitative estimate of drug-likeness (QED) is 0.908. The molecule has 1 saturated heterocycles. The monoisotopic (exact) mass is 358 g/mol. The van der Waals surface area contributed by atoms with Gasteiger partial charge in [-0.15, -0.1) is 0 Å². The second kappa shape index (κ2) is 7.64. The normalized spacial score (nSPS) is 15.0. The first-order chi connectivity index (χ1) is 12.4. The summed E-state index contributed by atoms with van der Waals surface area (Å²) in [6.45, 7) is 2.70. The molecule has 0 radical (unpaired) electrons. The maximum absolute atomic E-state index is 13.8. The maximum atomic E-state index is 13.8. The van der Waals surface area contributed by atoms with Crippen molar-refractivity contribution in [3.05, 3.63) is 65.2 Å². The fourth-order valence-corrected chi connectivity index (χ4v) is 3.09. The summed E-state index contributed by atoms with van der Waals surface area (Å²) in [6.07, 6.45) is 1.01. The van der Waals surface area contributed by atoms with Crippen molar-refractivity contribution in [1.29, 1.82) is 0 Å². The predicted molar refractivity (Wildman–Crippen MR) is 94.8 cm³/mol. The Bertz CT molecular complexity index is 813. The minimum Gasteiger partial charge on any atom is -0.339 e. The number of benzene rings is 2. The van der Waals surface area contributed by atoms with Gasteiger partial charge in [0.25, 0.3) is 5.91 Å². The highest BCUT2D eigenvalue weighted by Crippen LogP contribution is 2.22. The molecule has 2 aromatic rings. The van der Waals surface area contributed by atoms with Crippen molar-refractivity contribution in [1.82, 2.24) is 4.90 Å². The smallest absolute Gasteiger partial charge is 0.253 e. The summed E-state index contributed by atoms with van der Waals surface area (Å²) in [5.41, 5.74) is 1.47. The van der Waals surface area contributed by atoms with Crippen LogP contribution in [-0.4, -0.2) is 29.8 Å². The van der Waals surface area contributed by atoms with Crippen LogP contribution in [0.2, 0.25) is 0 Å². The van der Waals surface area contributed by atoms with Gasteiger partial charge in [-0.3, -0.25) is 9.59 Å². The molecule has 3 rings (SSSR count). The van der Waals surface area contributed by atoms with E-state index >= 15 is 0 Å². The molecule has 1 N–H and O–H groups in total. The number of hydrogen-bond donors (Lipinski definition) is 1. The number of likely N-dealkylation sites (tertiary alicyclic amines) is 1. The van der Waals surface area contributed by atoms with Gasteiger partial charge in [-0.05, 0) is 61.7 Å². The second-order valence-electron chi connectivity index (χ2n) is 6.55. The summed E-state index contributed by atoms with van der Waals surface area (Å²) in [7, 11) is 0. The zero-order valence-electron chi connectivity index (χ0n) is 14.5. The number of anilines is 1. The number of carbonyl (C=O) groups excluding carboxylic acids is 2. The van der Waals surface area contributed by atoms with Gasteiger partial charge in [0.05, 0.1) is 5.69 Å². The molecule has 2 amide bonds. The molecule has 1 aliphatic heterocycles. The molecule has 0 atom stereocenters. The number of carbonyl (C=O) groups is 2. The third-order valence-electron chi connectivity index (χ3n) is 4.62. The highest BCUT2D eigenvalue weighted by molar-refractivity contribution is 5.95. The van der Waals surface area contributed by atoms with Crippen LogP contribution in [-0.2, 0) is 4.79 Å². The molecular formula is C20H20F2N2O2. The highest BCUT2D eigenvalue weighted by atomic mass is 19.1. The fourth-order valence-electron chi connectivity index (χ4n) is 3.09. The van der Waals surface area contributed by atoms with E-state index in [1.54, 1.807) is 17.0 Å². The zero-order chi connectivity index (χ0) is 18.7. The molecule has 0 spiro atoms. The average molecular weight is 358 g/mol. The molecule has 6 heteroatoms. The lowest BCUT2D eigenvalue weighted by Crippen LogP contribution is -2.41. The third kappa shape index (κ3) is 4.07. The lowest BCUT2D eigenvalue weighted by Gasteiger charge is -2.31. The minimum absolute atomic E-state index is 0.173. The predicted octanol–water partition coefficient (Wildman–Crippen LogP) is 3.76. The van der Waals surface area contributed by atoms with Gasteiger partial charge in [0.2, 0.25) is 5.91 Å². The highest BCUT2D eigenvalue weighted by Gasteiger charge is 2.28. The topological polar surface area (TPSA) is 49.4 Å². The van der Waals surface area contributed by atoms with Crippen LogP contribution in [0.3, 0.4) is 0 Å². The largest absolute Gasteiger partial charge is 0.339 e. The Balaban J connectivity index is 1.57. The Morgan fingerprint density at radius 3 is 2.35 bits per heavy atom. The molecule has 0 bridgehead atoms. The minimum atomic E-state index is -0.465. The lowest BCUT2D eigenvalue weighted by molar-refractivity contribution is -0.121. The molecule has 26 heavy (non-hydrogen) atoms. The fraction of sp³-hybridized carbons (Fsp3) is 0.300. The average Bonchev–Trinajstić information content (AvgIpc) is 2.65. The first kappa shape index (κ1) is 18.0. The van der Waals surface area contributed by atoms with Crippen LogP contribution >= 0.6 is 0 Å². The third-order valence-corrected chi connectivity index (χ3v) is 4.62. The first-order valence-corrected chi connectivity index (χ1v) is 8.56. The maximum Gasteiger partial charge on any atom is 0.253 e. The molecule has 1 aliphatic rings. The Morgan fingerprint density at radius 2 is 1.69 bits per heavy atom. The number of aryl methyl sites for hydroxylation is 1. The molecule has 0 aliphatic carbocycles. The van der Waals surface area contributed by atoms with Gasteiger partial charge >= 0.3 is 0 Å². The van der Waals surface area contributed by atoms with Crippen LogP contribution in [0.15, 0.2) is 42.5 Å². The Labute approximate surface area is 150 Å². The summed E-state index contributed by atoms with van der Waals surface area (Å²) in [4.78, 5) is 26.5. The Kier molecular flexibility index (Phi) is 5.30. The van der Waals surface area contributed by atoms with Crippen molar-refractivity contribution in [3.8, 4) is 0 Å². The summed E-state index contributed by atoms with van der Waals surface area (Å²) in [5.74, 6) is -1.53. The molecule has 0 aromatic heterocycles. The molecule has 1 fully saturated rings. The molecule has 2 aromatic carbocycles. The van der Waals surface area contributed by atoms with Crippen molar-refractivity contribution in [3.63, 3.8) is 0 Å². The molecule has 0 unspecified atom stereocenters. The van der Waals surface area contributed by atoms with Crippen molar-refractivity contribution < 1.29 is 18.4 Å². The van der Waals surface area contributed by atoms with Gasteiger partial charge in [0.15, 0.2) is 0 Å². The number of nitrogens with one attached hydrogen (secondary N) is 1. The zero-order valence-corrected chi connectivity index (χ0v) is 14.5. The van der Waals surface area contributed by atoms with Crippen LogP contribution in [0.4, 0.5) is 14.5 Å². The van der Waals surface area contributed by atoms with E-state index in [9.17, 15) is 18.4 Å². The lowest BCUT2D eigenvalue weighted by atomic mass is 9.95. The number of amides is 2. The van der Waals surface area contributed by atoms with Gasteiger partial charge in [0, 0.05) is 24.6 Å². The number of hydrogen-bond acceptors (Lipinski definition) is 2. The summed E-state index contributed by atoms with van der Waals surface area (Å²) in [5, 5.41) is 2.64. The van der Waals surface area contributed by atoms with Gasteiger partial charge in [-0.2, -0.15) is 0 Å². The van der Waals surface area contributed by atoms with Crippen molar-refractivity contribution in [2.75, 3.05) is 18.4 Å². The van der Waals surface area contributed by atoms with Crippen molar-refractivity contribution in [2.24, 2.45) is 5.92 Å². The molecule has 0 saturated carbocycles. The van der Waals surface area contributed by atoms with Crippen molar-refractivity contribution in [2.45, 2.75) is 19.8 Å². The second-order valence-corrected chi connectivity index (χ2v) is 6.55. The van der Waals surface area contributed by atoms with Gasteiger partial charge in [-0.1, -0.05) is 6.07 Å². The molecule has 4 nitrogen and oxygen atoms in total. The summed E-state index contributed by atoms with van der Waals surface area (Å²) < 4.78 is 26.8. The molecule has 1 heterocycles. The van der Waals surface area contributed by atoms with Gasteiger partial charge < -0.3 is 10.2 Å². The SMILES string of the molecule is Cc1ccc(F)c(NC(=O)C2CCN(C(=O)c3ccc(F)cc3)CC2)c1. The standard InChI is InChI=1S/C20H20F2N2O2/c1-13-2-7-17(22)18(12-13)23-19(25)14-8-10-24(11-9-14)20(26)15-3-5-16(21)6-4-15/h2-7,12,14H,8-11H2,1H3,(H,23,25). The van der Waals surface area contributed by atoms with E-state index < -0.39 is 5.82 Å². The van der Waals surface area contributed by atoms with E-state index in [-0.39, 0.29) is 29.2 Å². The van der Waals surface area contributed by atoms with Crippen LogP contribution < -0.4 is 5.32 Å².